The number of benzene rings is 1. The summed E-state index contributed by atoms with van der Waals surface area (Å²) in [7, 11) is 0. The van der Waals surface area contributed by atoms with Gasteiger partial charge in [-0.3, -0.25) is 9.59 Å². The van der Waals surface area contributed by atoms with E-state index in [1.54, 1.807) is 32.9 Å². The number of ether oxygens (including phenoxy) is 1. The molecule has 2 unspecified atom stereocenters. The van der Waals surface area contributed by atoms with Crippen LogP contribution in [0.5, 0.6) is 0 Å². The average Bonchev–Trinajstić information content (AvgIpc) is 2.82. The molecule has 1 aromatic rings. The normalized spacial score (nSPS) is 16.0. The Kier molecular flexibility index (Phi) is 11.6. The fourth-order valence-electron chi connectivity index (χ4n) is 4.67. The van der Waals surface area contributed by atoms with Crippen LogP contribution >= 0.6 is 0 Å². The van der Waals surface area contributed by atoms with Crippen LogP contribution in [-0.4, -0.2) is 58.8 Å². The number of aliphatic hydroxyl groups excluding tert-OH is 1. The first kappa shape index (κ1) is 30.4. The Morgan fingerprint density at radius 2 is 1.86 bits per heavy atom. The Labute approximate surface area is 221 Å². The number of hydrogen-bond donors (Lipinski definition) is 3. The summed E-state index contributed by atoms with van der Waals surface area (Å²) >= 11 is 0. The Balaban J connectivity index is 2.45. The third-order valence-corrected chi connectivity index (χ3v) is 6.29. The molecule has 206 valence electrons. The average molecular weight is 516 g/mol. The van der Waals surface area contributed by atoms with Crippen LogP contribution in [0, 0.1) is 5.92 Å². The second-order valence-corrected chi connectivity index (χ2v) is 11.2. The second kappa shape index (κ2) is 14.2. The molecule has 1 aliphatic rings. The topological polar surface area (TPSA) is 108 Å². The van der Waals surface area contributed by atoms with Gasteiger partial charge in [0.1, 0.15) is 17.7 Å². The van der Waals surface area contributed by atoms with E-state index in [1.807, 2.05) is 32.0 Å². The zero-order valence-corrected chi connectivity index (χ0v) is 23.1. The van der Waals surface area contributed by atoms with Gasteiger partial charge in [-0.2, -0.15) is 0 Å². The van der Waals surface area contributed by atoms with Gasteiger partial charge in [0.2, 0.25) is 11.8 Å². The molecule has 8 heteroatoms. The minimum Gasteiger partial charge on any atom is -0.444 e. The van der Waals surface area contributed by atoms with Crippen LogP contribution < -0.4 is 10.6 Å². The van der Waals surface area contributed by atoms with Crippen molar-refractivity contribution in [3.63, 3.8) is 0 Å². The number of aliphatic hydroxyl groups is 1. The Bertz CT molecular complexity index is 918. The molecule has 2 rings (SSSR count). The van der Waals surface area contributed by atoms with Crippen LogP contribution in [-0.2, 0) is 14.3 Å². The summed E-state index contributed by atoms with van der Waals surface area (Å²) in [5, 5.41) is 15.8. The molecule has 8 nitrogen and oxygen atoms in total. The number of amides is 3. The van der Waals surface area contributed by atoms with Gasteiger partial charge in [0.25, 0.3) is 0 Å². The van der Waals surface area contributed by atoms with Gasteiger partial charge in [-0.15, -0.1) is 0 Å². The van der Waals surface area contributed by atoms with E-state index in [-0.39, 0.29) is 31.0 Å². The first-order valence-corrected chi connectivity index (χ1v) is 13.4. The maximum atomic E-state index is 14.0. The van der Waals surface area contributed by atoms with Crippen LogP contribution in [0.2, 0.25) is 0 Å². The third-order valence-electron chi connectivity index (χ3n) is 6.29. The second-order valence-electron chi connectivity index (χ2n) is 11.2. The number of rotatable bonds is 11. The van der Waals surface area contributed by atoms with Crippen molar-refractivity contribution in [1.82, 2.24) is 15.5 Å². The predicted molar refractivity (Wildman–Crippen MR) is 146 cm³/mol. The first-order chi connectivity index (χ1) is 17.4. The Morgan fingerprint density at radius 1 is 1.19 bits per heavy atom. The molecule has 2 atom stereocenters. The lowest BCUT2D eigenvalue weighted by Crippen LogP contribution is -2.54. The van der Waals surface area contributed by atoms with Crippen molar-refractivity contribution in [2.45, 2.75) is 96.9 Å². The van der Waals surface area contributed by atoms with Gasteiger partial charge in [-0.05, 0) is 63.1 Å². The van der Waals surface area contributed by atoms with E-state index in [1.165, 1.54) is 4.90 Å². The van der Waals surface area contributed by atoms with Gasteiger partial charge in [0, 0.05) is 12.6 Å². The molecule has 1 saturated carbocycles. The third kappa shape index (κ3) is 9.84. The van der Waals surface area contributed by atoms with Crippen molar-refractivity contribution in [1.29, 1.82) is 0 Å². The number of carbonyl (C=O) groups excluding carboxylic acids is 3. The van der Waals surface area contributed by atoms with E-state index in [9.17, 15) is 19.5 Å². The number of alkyl carbamates (subject to hydrolysis) is 1. The molecule has 3 amide bonds. The molecule has 0 bridgehead atoms. The summed E-state index contributed by atoms with van der Waals surface area (Å²) in [6.07, 6.45) is 6.39. The van der Waals surface area contributed by atoms with Gasteiger partial charge < -0.3 is 25.4 Å². The number of nitrogens with zero attached hydrogens (tertiary/aromatic N) is 1. The number of nitrogens with one attached hydrogen (secondary N) is 2. The molecule has 1 aliphatic carbocycles. The maximum absolute atomic E-state index is 14.0. The SMILES string of the molecule is C=Cc1cccc(C(C(=O)NC2CCCCC2)N(CCO)C(=O)C(CC(C)C)NC(=O)OC(C)(C)C)c1. The molecular formula is C29H45N3O5. The predicted octanol–water partition coefficient (Wildman–Crippen LogP) is 4.58. The van der Waals surface area contributed by atoms with Crippen LogP contribution in [0.15, 0.2) is 30.8 Å². The lowest BCUT2D eigenvalue weighted by atomic mass is 9.94. The van der Waals surface area contributed by atoms with Crippen LogP contribution in [0.3, 0.4) is 0 Å². The molecule has 0 spiro atoms. The van der Waals surface area contributed by atoms with Crippen LogP contribution in [0.4, 0.5) is 4.79 Å². The Hall–Kier alpha value is -2.87. The highest BCUT2D eigenvalue weighted by Gasteiger charge is 2.37. The molecule has 0 aliphatic heterocycles. The molecule has 1 aromatic carbocycles. The fourth-order valence-corrected chi connectivity index (χ4v) is 4.67. The number of hydrogen-bond acceptors (Lipinski definition) is 5. The zero-order valence-electron chi connectivity index (χ0n) is 23.1. The quantitative estimate of drug-likeness (QED) is 0.400. The highest BCUT2D eigenvalue weighted by molar-refractivity contribution is 5.92. The lowest BCUT2D eigenvalue weighted by molar-refractivity contribution is -0.143. The van der Waals surface area contributed by atoms with Crippen molar-refractivity contribution < 1.29 is 24.2 Å². The maximum Gasteiger partial charge on any atom is 0.408 e. The van der Waals surface area contributed by atoms with Gasteiger partial charge in [-0.25, -0.2) is 4.79 Å². The minimum absolute atomic E-state index is 0.0452. The van der Waals surface area contributed by atoms with E-state index in [2.05, 4.69) is 17.2 Å². The van der Waals surface area contributed by atoms with E-state index < -0.39 is 29.7 Å². The molecule has 3 N–H and O–H groups in total. The molecule has 37 heavy (non-hydrogen) atoms. The van der Waals surface area contributed by atoms with E-state index in [0.717, 1.165) is 37.7 Å². The standard InChI is InChI=1S/C29H45N3O5/c1-7-21-12-11-13-22(19-21)25(26(34)30-23-14-9-8-10-15-23)32(16-17-33)27(35)24(18-20(2)3)31-28(36)37-29(4,5)6/h7,11-13,19-20,23-25,33H,1,8-10,14-18H2,2-6H3,(H,30,34)(H,31,36). The lowest BCUT2D eigenvalue weighted by Gasteiger charge is -2.35. The van der Waals surface area contributed by atoms with Crippen molar-refractivity contribution >= 4 is 24.0 Å². The van der Waals surface area contributed by atoms with Gasteiger partial charge >= 0.3 is 6.09 Å². The summed E-state index contributed by atoms with van der Waals surface area (Å²) < 4.78 is 5.40. The van der Waals surface area contributed by atoms with Gasteiger partial charge in [0.05, 0.1) is 6.61 Å². The van der Waals surface area contributed by atoms with Crippen molar-refractivity contribution in [2.24, 2.45) is 5.92 Å². The minimum atomic E-state index is -0.975. The molecular weight excluding hydrogens is 470 g/mol. The van der Waals surface area contributed by atoms with E-state index in [0.29, 0.717) is 12.0 Å². The number of carbonyl (C=O) groups is 3. The summed E-state index contributed by atoms with van der Waals surface area (Å²) in [5.74, 6) is -0.657. The van der Waals surface area contributed by atoms with E-state index >= 15 is 0 Å². The smallest absolute Gasteiger partial charge is 0.408 e. The highest BCUT2D eigenvalue weighted by Crippen LogP contribution is 2.26. The fraction of sp³-hybridized carbons (Fsp3) is 0.621. The van der Waals surface area contributed by atoms with E-state index in [4.69, 9.17) is 4.74 Å². The molecule has 1 fully saturated rings. The largest absolute Gasteiger partial charge is 0.444 e. The monoisotopic (exact) mass is 515 g/mol. The van der Waals surface area contributed by atoms with Crippen molar-refractivity contribution in [3.05, 3.63) is 42.0 Å². The molecule has 0 aromatic heterocycles. The van der Waals surface area contributed by atoms with Crippen LogP contribution in [0.1, 0.15) is 90.3 Å². The Morgan fingerprint density at radius 3 is 2.43 bits per heavy atom. The van der Waals surface area contributed by atoms with Crippen molar-refractivity contribution in [2.75, 3.05) is 13.2 Å². The summed E-state index contributed by atoms with van der Waals surface area (Å²) in [6, 6.07) is 5.47. The van der Waals surface area contributed by atoms with Gasteiger partial charge in [0.15, 0.2) is 0 Å². The van der Waals surface area contributed by atoms with Crippen LogP contribution in [0.25, 0.3) is 6.08 Å². The molecule has 0 radical (unpaired) electrons. The molecule has 0 saturated heterocycles. The summed E-state index contributed by atoms with van der Waals surface area (Å²) in [6.45, 7) is 12.6. The summed E-state index contributed by atoms with van der Waals surface area (Å²) in [4.78, 5) is 41.7. The first-order valence-electron chi connectivity index (χ1n) is 13.4. The van der Waals surface area contributed by atoms with Gasteiger partial charge in [-0.1, -0.05) is 64.0 Å². The molecule has 0 heterocycles. The summed E-state index contributed by atoms with van der Waals surface area (Å²) in [5.41, 5.74) is 0.705. The van der Waals surface area contributed by atoms with Crippen molar-refractivity contribution in [3.8, 4) is 0 Å². The highest BCUT2D eigenvalue weighted by atomic mass is 16.6. The zero-order chi connectivity index (χ0) is 27.6.